The van der Waals surface area contributed by atoms with Gasteiger partial charge in [-0.3, -0.25) is 0 Å². The van der Waals surface area contributed by atoms with Crippen molar-refractivity contribution >= 4 is 6.09 Å². The summed E-state index contributed by atoms with van der Waals surface area (Å²) < 4.78 is 0. The van der Waals surface area contributed by atoms with Crippen LogP contribution in [0.4, 0.5) is 4.79 Å². The maximum Gasteiger partial charge on any atom is 0.404 e. The third kappa shape index (κ3) is 2.73. The molecule has 3 N–H and O–H groups in total. The molecule has 1 aliphatic rings. The smallest absolute Gasteiger partial charge is 0.404 e. The lowest BCUT2D eigenvalue weighted by Gasteiger charge is -2.11. The predicted molar refractivity (Wildman–Crippen MR) is 61.3 cm³/mol. The normalized spacial score (nSPS) is 19.6. The maximum atomic E-state index is 10.3. The molecule has 1 aromatic rings. The van der Waals surface area contributed by atoms with Crippen LogP contribution in [-0.4, -0.2) is 17.7 Å². The van der Waals surface area contributed by atoms with E-state index in [1.165, 1.54) is 18.4 Å². The van der Waals surface area contributed by atoms with Crippen LogP contribution < -0.4 is 10.6 Å². The summed E-state index contributed by atoms with van der Waals surface area (Å²) in [6, 6.07) is 8.57. The van der Waals surface area contributed by atoms with Gasteiger partial charge >= 0.3 is 6.09 Å². The average molecular weight is 220 g/mol. The molecule has 1 heterocycles. The Morgan fingerprint density at radius 2 is 2.19 bits per heavy atom. The van der Waals surface area contributed by atoms with Crippen molar-refractivity contribution in [1.82, 2.24) is 10.6 Å². The van der Waals surface area contributed by atoms with Crippen LogP contribution in [-0.2, 0) is 6.54 Å². The Labute approximate surface area is 94.7 Å². The zero-order chi connectivity index (χ0) is 11.4. The Balaban J connectivity index is 1.95. The number of amides is 1. The van der Waals surface area contributed by atoms with Crippen LogP contribution in [0.5, 0.6) is 0 Å². The number of rotatable bonds is 3. The Hall–Kier alpha value is -1.55. The first kappa shape index (κ1) is 11.0. The fourth-order valence-corrected chi connectivity index (χ4v) is 2.01. The van der Waals surface area contributed by atoms with Crippen molar-refractivity contribution in [2.75, 3.05) is 6.54 Å². The summed E-state index contributed by atoms with van der Waals surface area (Å²) in [4.78, 5) is 10.3. The van der Waals surface area contributed by atoms with E-state index in [1.807, 2.05) is 12.1 Å². The van der Waals surface area contributed by atoms with Crippen molar-refractivity contribution in [1.29, 1.82) is 0 Å². The second-order valence-electron chi connectivity index (χ2n) is 4.05. The van der Waals surface area contributed by atoms with Gasteiger partial charge in [0, 0.05) is 12.6 Å². The highest BCUT2D eigenvalue weighted by molar-refractivity contribution is 5.64. The Morgan fingerprint density at radius 3 is 2.75 bits per heavy atom. The van der Waals surface area contributed by atoms with E-state index in [0.29, 0.717) is 12.6 Å². The number of carbonyl (C=O) groups is 1. The molecule has 0 aliphatic carbocycles. The van der Waals surface area contributed by atoms with Gasteiger partial charge in [-0.1, -0.05) is 24.3 Å². The minimum atomic E-state index is -0.985. The lowest BCUT2D eigenvalue weighted by atomic mass is 10.0. The second kappa shape index (κ2) is 4.99. The van der Waals surface area contributed by atoms with Gasteiger partial charge in [0.15, 0.2) is 0 Å². The zero-order valence-corrected chi connectivity index (χ0v) is 9.07. The molecule has 86 valence electrons. The van der Waals surface area contributed by atoms with Gasteiger partial charge in [-0.25, -0.2) is 4.79 Å². The molecule has 1 saturated heterocycles. The molecule has 1 amide bonds. The van der Waals surface area contributed by atoms with E-state index < -0.39 is 6.09 Å². The summed E-state index contributed by atoms with van der Waals surface area (Å²) in [6.07, 6.45) is 1.43. The molecular weight excluding hydrogens is 204 g/mol. The molecule has 0 aromatic heterocycles. The van der Waals surface area contributed by atoms with Gasteiger partial charge < -0.3 is 15.7 Å². The fraction of sp³-hybridized carbons (Fsp3) is 0.417. The van der Waals surface area contributed by atoms with Crippen molar-refractivity contribution in [3.05, 3.63) is 35.4 Å². The predicted octanol–water partition coefficient (Wildman–Crippen LogP) is 1.88. The van der Waals surface area contributed by atoms with Crippen molar-refractivity contribution in [2.45, 2.75) is 25.4 Å². The standard InChI is InChI=1S/C12H16N2O2/c15-12(16)14-8-9-3-5-10(6-4-9)11-2-1-7-13-11/h3-6,11,13-14H,1-2,7-8H2,(H,15,16). The second-order valence-corrected chi connectivity index (χ2v) is 4.05. The molecule has 0 spiro atoms. The van der Waals surface area contributed by atoms with Gasteiger partial charge in [-0.2, -0.15) is 0 Å². The molecule has 2 rings (SSSR count). The lowest BCUT2D eigenvalue weighted by molar-refractivity contribution is 0.194. The monoisotopic (exact) mass is 220 g/mol. The van der Waals surface area contributed by atoms with Crippen LogP contribution in [0.15, 0.2) is 24.3 Å². The first-order valence-electron chi connectivity index (χ1n) is 5.55. The van der Waals surface area contributed by atoms with Gasteiger partial charge in [-0.15, -0.1) is 0 Å². The summed E-state index contributed by atoms with van der Waals surface area (Å²) in [7, 11) is 0. The van der Waals surface area contributed by atoms with E-state index in [1.54, 1.807) is 0 Å². The average Bonchev–Trinajstić information content (AvgIpc) is 2.80. The van der Waals surface area contributed by atoms with E-state index in [2.05, 4.69) is 22.8 Å². The highest BCUT2D eigenvalue weighted by Crippen LogP contribution is 2.22. The summed E-state index contributed by atoms with van der Waals surface area (Å²) >= 11 is 0. The van der Waals surface area contributed by atoms with Gasteiger partial charge in [0.25, 0.3) is 0 Å². The third-order valence-electron chi connectivity index (χ3n) is 2.89. The van der Waals surface area contributed by atoms with Crippen LogP contribution in [0.3, 0.4) is 0 Å². The van der Waals surface area contributed by atoms with Crippen LogP contribution >= 0.6 is 0 Å². The third-order valence-corrected chi connectivity index (χ3v) is 2.89. The van der Waals surface area contributed by atoms with E-state index in [4.69, 9.17) is 5.11 Å². The molecule has 0 radical (unpaired) electrons. The van der Waals surface area contributed by atoms with E-state index in [9.17, 15) is 4.79 Å². The fourth-order valence-electron chi connectivity index (χ4n) is 2.01. The maximum absolute atomic E-state index is 10.3. The van der Waals surface area contributed by atoms with Crippen LogP contribution in [0.2, 0.25) is 0 Å². The number of hydrogen-bond acceptors (Lipinski definition) is 2. The van der Waals surface area contributed by atoms with Gasteiger partial charge in [-0.05, 0) is 30.5 Å². The van der Waals surface area contributed by atoms with Crippen LogP contribution in [0.25, 0.3) is 0 Å². The minimum Gasteiger partial charge on any atom is -0.465 e. The van der Waals surface area contributed by atoms with Gasteiger partial charge in [0.2, 0.25) is 0 Å². The first-order valence-corrected chi connectivity index (χ1v) is 5.55. The topological polar surface area (TPSA) is 61.4 Å². The number of carboxylic acid groups (broad SMARTS) is 1. The van der Waals surface area contributed by atoms with Crippen LogP contribution in [0, 0.1) is 0 Å². The first-order chi connectivity index (χ1) is 7.75. The number of nitrogens with one attached hydrogen (secondary N) is 2. The SMILES string of the molecule is O=C(O)NCc1ccc(C2CCCN2)cc1. The zero-order valence-electron chi connectivity index (χ0n) is 9.07. The molecule has 4 heteroatoms. The molecule has 16 heavy (non-hydrogen) atoms. The molecule has 0 saturated carbocycles. The van der Waals surface area contributed by atoms with Crippen molar-refractivity contribution in [3.63, 3.8) is 0 Å². The van der Waals surface area contributed by atoms with E-state index >= 15 is 0 Å². The quantitative estimate of drug-likeness (QED) is 0.728. The molecule has 0 bridgehead atoms. The summed E-state index contributed by atoms with van der Waals surface area (Å²) in [5.74, 6) is 0. The van der Waals surface area contributed by atoms with E-state index in [0.717, 1.165) is 12.1 Å². The Kier molecular flexibility index (Phi) is 3.41. The molecule has 4 nitrogen and oxygen atoms in total. The molecule has 1 aliphatic heterocycles. The largest absolute Gasteiger partial charge is 0.465 e. The number of hydrogen-bond donors (Lipinski definition) is 3. The Bertz CT molecular complexity index is 356. The molecule has 1 atom stereocenters. The van der Waals surface area contributed by atoms with Gasteiger partial charge in [0.05, 0.1) is 0 Å². The summed E-state index contributed by atoms with van der Waals surface area (Å²) in [5.41, 5.74) is 2.28. The van der Waals surface area contributed by atoms with Crippen molar-refractivity contribution in [3.8, 4) is 0 Å². The highest BCUT2D eigenvalue weighted by atomic mass is 16.4. The van der Waals surface area contributed by atoms with Crippen molar-refractivity contribution < 1.29 is 9.90 Å². The molecule has 1 aromatic carbocycles. The highest BCUT2D eigenvalue weighted by Gasteiger charge is 2.15. The molecular formula is C12H16N2O2. The van der Waals surface area contributed by atoms with Crippen LogP contribution in [0.1, 0.15) is 30.0 Å². The van der Waals surface area contributed by atoms with Crippen molar-refractivity contribution in [2.24, 2.45) is 0 Å². The van der Waals surface area contributed by atoms with Gasteiger partial charge in [0.1, 0.15) is 0 Å². The minimum absolute atomic E-state index is 0.369. The molecule has 1 fully saturated rings. The lowest BCUT2D eigenvalue weighted by Crippen LogP contribution is -2.20. The Morgan fingerprint density at radius 1 is 1.44 bits per heavy atom. The molecule has 1 unspecified atom stereocenters. The summed E-state index contributed by atoms with van der Waals surface area (Å²) in [5, 5.41) is 14.3. The van der Waals surface area contributed by atoms with E-state index in [-0.39, 0.29) is 0 Å². The summed E-state index contributed by atoms with van der Waals surface area (Å²) in [6.45, 7) is 1.46. The number of benzene rings is 1.